The van der Waals surface area contributed by atoms with Crippen molar-refractivity contribution in [1.82, 2.24) is 9.97 Å². The zero-order valence-electron chi connectivity index (χ0n) is 9.88. The number of nitrogens with zero attached hydrogens (tertiary/aromatic N) is 1. The van der Waals surface area contributed by atoms with Gasteiger partial charge in [0.15, 0.2) is 0 Å². The van der Waals surface area contributed by atoms with Gasteiger partial charge in [-0.05, 0) is 36.5 Å². The molecule has 0 saturated heterocycles. The molecule has 2 nitrogen and oxygen atoms in total. The Morgan fingerprint density at radius 2 is 2.20 bits per heavy atom. The third-order valence-corrected chi connectivity index (χ3v) is 5.45. The zero-order chi connectivity index (χ0) is 10.7. The van der Waals surface area contributed by atoms with Crippen molar-refractivity contribution in [2.45, 2.75) is 45.4 Å². The molecule has 82 valence electrons. The fourth-order valence-electron chi connectivity index (χ4n) is 4.28. The van der Waals surface area contributed by atoms with Gasteiger partial charge in [0.1, 0.15) is 5.82 Å². The molecule has 0 amide bonds. The van der Waals surface area contributed by atoms with Crippen molar-refractivity contribution in [3.63, 3.8) is 0 Å². The summed E-state index contributed by atoms with van der Waals surface area (Å²) in [5.41, 5.74) is 0.766. The van der Waals surface area contributed by atoms with Crippen LogP contribution in [0.25, 0.3) is 0 Å². The first-order valence-electron chi connectivity index (χ1n) is 6.09. The number of rotatable bonds is 1. The van der Waals surface area contributed by atoms with Crippen molar-refractivity contribution in [1.29, 1.82) is 0 Å². The monoisotopic (exact) mass is 204 g/mol. The SMILES string of the molecule is CC1CCC2CC1(c1ncc[nH]1)C2(C)C. The van der Waals surface area contributed by atoms with E-state index in [0.29, 0.717) is 10.8 Å². The van der Waals surface area contributed by atoms with Crippen LogP contribution in [0, 0.1) is 17.3 Å². The Hall–Kier alpha value is -0.790. The van der Waals surface area contributed by atoms with Crippen LogP contribution >= 0.6 is 0 Å². The van der Waals surface area contributed by atoms with Crippen LogP contribution in [0.2, 0.25) is 0 Å². The third-order valence-electron chi connectivity index (χ3n) is 5.45. The predicted molar refractivity (Wildman–Crippen MR) is 60.6 cm³/mol. The van der Waals surface area contributed by atoms with E-state index in [-0.39, 0.29) is 0 Å². The lowest BCUT2D eigenvalue weighted by Crippen LogP contribution is -2.64. The molecule has 0 aliphatic heterocycles. The van der Waals surface area contributed by atoms with Gasteiger partial charge in [-0.25, -0.2) is 4.98 Å². The Kier molecular flexibility index (Phi) is 1.67. The normalized spacial score (nSPS) is 42.3. The van der Waals surface area contributed by atoms with E-state index in [2.05, 4.69) is 30.7 Å². The van der Waals surface area contributed by atoms with Crippen molar-refractivity contribution < 1.29 is 0 Å². The molecule has 1 aromatic rings. The Bertz CT molecular complexity index is 366. The molecular formula is C13H20N2. The minimum Gasteiger partial charge on any atom is -0.348 e. The van der Waals surface area contributed by atoms with Crippen LogP contribution in [-0.4, -0.2) is 9.97 Å². The molecule has 3 saturated carbocycles. The summed E-state index contributed by atoms with van der Waals surface area (Å²) in [6.07, 6.45) is 7.99. The largest absolute Gasteiger partial charge is 0.348 e. The molecule has 0 spiro atoms. The number of hydrogen-bond acceptors (Lipinski definition) is 1. The fourth-order valence-corrected chi connectivity index (χ4v) is 4.28. The highest BCUT2D eigenvalue weighted by atomic mass is 14.9. The van der Waals surface area contributed by atoms with Crippen molar-refractivity contribution in [3.05, 3.63) is 18.2 Å². The van der Waals surface area contributed by atoms with E-state index >= 15 is 0 Å². The average Bonchev–Trinajstić information content (AvgIpc) is 2.70. The van der Waals surface area contributed by atoms with Gasteiger partial charge in [0, 0.05) is 17.8 Å². The van der Waals surface area contributed by atoms with Gasteiger partial charge in [0.25, 0.3) is 0 Å². The zero-order valence-corrected chi connectivity index (χ0v) is 9.88. The molecule has 1 N–H and O–H groups in total. The maximum atomic E-state index is 4.54. The van der Waals surface area contributed by atoms with Crippen LogP contribution in [0.15, 0.2) is 12.4 Å². The van der Waals surface area contributed by atoms with Gasteiger partial charge in [-0.3, -0.25) is 0 Å². The first-order chi connectivity index (χ1) is 7.09. The molecular weight excluding hydrogens is 184 g/mol. The highest BCUT2D eigenvalue weighted by Crippen LogP contribution is 2.69. The molecule has 2 bridgehead atoms. The van der Waals surface area contributed by atoms with Gasteiger partial charge < -0.3 is 4.98 Å². The lowest BCUT2D eigenvalue weighted by Gasteiger charge is -2.67. The lowest BCUT2D eigenvalue weighted by atomic mass is 9.36. The molecule has 2 heteroatoms. The van der Waals surface area contributed by atoms with E-state index in [0.717, 1.165) is 11.8 Å². The van der Waals surface area contributed by atoms with Gasteiger partial charge in [-0.2, -0.15) is 0 Å². The number of H-pyrrole nitrogens is 1. The van der Waals surface area contributed by atoms with Crippen molar-refractivity contribution in [2.75, 3.05) is 0 Å². The van der Waals surface area contributed by atoms with E-state index < -0.39 is 0 Å². The summed E-state index contributed by atoms with van der Waals surface area (Å²) in [4.78, 5) is 7.90. The van der Waals surface area contributed by atoms with Gasteiger partial charge in [-0.1, -0.05) is 20.8 Å². The Morgan fingerprint density at radius 3 is 2.73 bits per heavy atom. The van der Waals surface area contributed by atoms with Gasteiger partial charge in [0.2, 0.25) is 0 Å². The first kappa shape index (κ1) is 9.44. The van der Waals surface area contributed by atoms with Gasteiger partial charge in [-0.15, -0.1) is 0 Å². The summed E-state index contributed by atoms with van der Waals surface area (Å²) >= 11 is 0. The van der Waals surface area contributed by atoms with Crippen molar-refractivity contribution >= 4 is 0 Å². The maximum absolute atomic E-state index is 4.54. The molecule has 15 heavy (non-hydrogen) atoms. The molecule has 1 heterocycles. The molecule has 3 aliphatic carbocycles. The Balaban J connectivity index is 2.09. The molecule has 3 atom stereocenters. The summed E-state index contributed by atoms with van der Waals surface area (Å²) in [6.45, 7) is 7.26. The Labute approximate surface area is 91.5 Å². The van der Waals surface area contributed by atoms with Crippen LogP contribution in [0.5, 0.6) is 0 Å². The molecule has 3 unspecified atom stereocenters. The van der Waals surface area contributed by atoms with Crippen LogP contribution in [0.1, 0.15) is 45.9 Å². The average molecular weight is 204 g/mol. The summed E-state index contributed by atoms with van der Waals surface area (Å²) in [6, 6.07) is 0. The van der Waals surface area contributed by atoms with E-state index in [1.807, 2.05) is 12.4 Å². The van der Waals surface area contributed by atoms with Crippen molar-refractivity contribution in [2.24, 2.45) is 17.3 Å². The topological polar surface area (TPSA) is 28.7 Å². The number of imidazole rings is 1. The number of nitrogens with one attached hydrogen (secondary N) is 1. The van der Waals surface area contributed by atoms with Gasteiger partial charge in [0.05, 0.1) is 0 Å². The third kappa shape index (κ3) is 0.889. The lowest BCUT2D eigenvalue weighted by molar-refractivity contribution is -0.138. The Morgan fingerprint density at radius 1 is 1.40 bits per heavy atom. The maximum Gasteiger partial charge on any atom is 0.113 e. The predicted octanol–water partition coefficient (Wildman–Crippen LogP) is 3.12. The highest BCUT2D eigenvalue weighted by Gasteiger charge is 2.66. The summed E-state index contributed by atoms with van der Waals surface area (Å²) < 4.78 is 0. The second-order valence-electron chi connectivity index (χ2n) is 6.01. The smallest absolute Gasteiger partial charge is 0.113 e. The molecule has 0 radical (unpaired) electrons. The quantitative estimate of drug-likeness (QED) is 0.748. The van der Waals surface area contributed by atoms with Crippen LogP contribution in [-0.2, 0) is 5.41 Å². The van der Waals surface area contributed by atoms with Crippen LogP contribution in [0.3, 0.4) is 0 Å². The first-order valence-corrected chi connectivity index (χ1v) is 6.09. The second kappa shape index (κ2) is 2.66. The molecule has 3 aliphatic rings. The minimum atomic E-state index is 0.333. The minimum absolute atomic E-state index is 0.333. The van der Waals surface area contributed by atoms with Crippen LogP contribution < -0.4 is 0 Å². The number of hydrogen-bond donors (Lipinski definition) is 1. The van der Waals surface area contributed by atoms with E-state index in [9.17, 15) is 0 Å². The van der Waals surface area contributed by atoms with E-state index in [1.165, 1.54) is 25.1 Å². The van der Waals surface area contributed by atoms with Crippen molar-refractivity contribution in [3.8, 4) is 0 Å². The van der Waals surface area contributed by atoms with E-state index in [1.54, 1.807) is 0 Å². The molecule has 3 fully saturated rings. The standard InChI is InChI=1S/C13H20N2/c1-9-4-5-10-8-13(9,12(10,2)3)11-14-6-7-15-11/h6-7,9-10H,4-5,8H2,1-3H3,(H,14,15). The number of aromatic nitrogens is 2. The number of fused-ring (bicyclic) bond motifs is 2. The summed E-state index contributed by atoms with van der Waals surface area (Å²) in [5, 5.41) is 0. The molecule has 1 aromatic heterocycles. The fraction of sp³-hybridized carbons (Fsp3) is 0.769. The summed E-state index contributed by atoms with van der Waals surface area (Å²) in [5.74, 6) is 2.92. The highest BCUT2D eigenvalue weighted by molar-refractivity contribution is 5.27. The van der Waals surface area contributed by atoms with Crippen LogP contribution in [0.4, 0.5) is 0 Å². The van der Waals surface area contributed by atoms with Gasteiger partial charge >= 0.3 is 0 Å². The number of aromatic amines is 1. The summed E-state index contributed by atoms with van der Waals surface area (Å²) in [7, 11) is 0. The van der Waals surface area contributed by atoms with E-state index in [4.69, 9.17) is 0 Å². The molecule has 4 rings (SSSR count). The second-order valence-corrected chi connectivity index (χ2v) is 6.01. The molecule has 0 aromatic carbocycles.